The van der Waals surface area contributed by atoms with Crippen LogP contribution in [0.4, 0.5) is 0 Å². The van der Waals surface area contributed by atoms with Gasteiger partial charge in [-0.2, -0.15) is 0 Å². The molecular formula is C12H26N2. The second-order valence-corrected chi connectivity index (χ2v) is 4.01. The summed E-state index contributed by atoms with van der Waals surface area (Å²) >= 11 is 0. The van der Waals surface area contributed by atoms with Gasteiger partial charge in [-0.15, -0.1) is 0 Å². The zero-order chi connectivity index (χ0) is 10.6. The first kappa shape index (κ1) is 13.6. The highest BCUT2D eigenvalue weighted by atomic mass is 14.5. The Hall–Kier alpha value is -0.370. The average molecular weight is 198 g/mol. The molecule has 0 atom stereocenters. The van der Waals surface area contributed by atoms with Gasteiger partial charge >= 0.3 is 0 Å². The molecule has 84 valence electrons. The van der Waals surface area contributed by atoms with Crippen LogP contribution in [0.5, 0.6) is 0 Å². The summed E-state index contributed by atoms with van der Waals surface area (Å²) in [4.78, 5) is 0. The van der Waals surface area contributed by atoms with Crippen LogP contribution in [0, 0.1) is 5.41 Å². The highest BCUT2D eigenvalue weighted by Crippen LogP contribution is 2.07. The van der Waals surface area contributed by atoms with Gasteiger partial charge in [-0.1, -0.05) is 32.6 Å². The van der Waals surface area contributed by atoms with Crippen LogP contribution < -0.4 is 5.73 Å². The van der Waals surface area contributed by atoms with Gasteiger partial charge < -0.3 is 11.1 Å². The van der Waals surface area contributed by atoms with E-state index in [-0.39, 0.29) is 0 Å². The lowest BCUT2D eigenvalue weighted by molar-refractivity contribution is 0.624. The third kappa shape index (κ3) is 9.72. The molecule has 0 fully saturated rings. The minimum absolute atomic E-state index is 0.826. The first-order valence-corrected chi connectivity index (χ1v) is 6.07. The molecule has 2 heteroatoms. The van der Waals surface area contributed by atoms with Crippen molar-refractivity contribution in [1.29, 1.82) is 5.41 Å². The van der Waals surface area contributed by atoms with Crippen molar-refractivity contribution in [2.45, 2.75) is 64.7 Å². The Morgan fingerprint density at radius 2 is 1.50 bits per heavy atom. The largest absolute Gasteiger partial charge is 0.330 e. The van der Waals surface area contributed by atoms with Gasteiger partial charge in [-0.25, -0.2) is 0 Å². The monoisotopic (exact) mass is 198 g/mol. The summed E-state index contributed by atoms with van der Waals surface area (Å²) in [6, 6.07) is 0. The lowest BCUT2D eigenvalue weighted by Gasteiger charge is -2.02. The second kappa shape index (κ2) is 10.7. The van der Waals surface area contributed by atoms with E-state index >= 15 is 0 Å². The predicted octanol–water partition coefficient (Wildman–Crippen LogP) is 3.50. The Labute approximate surface area is 88.8 Å². The van der Waals surface area contributed by atoms with Crippen molar-refractivity contribution in [3.05, 3.63) is 0 Å². The lowest BCUT2D eigenvalue weighted by atomic mass is 10.0. The molecule has 2 nitrogen and oxygen atoms in total. The van der Waals surface area contributed by atoms with Gasteiger partial charge in [0.1, 0.15) is 0 Å². The molecule has 0 heterocycles. The summed E-state index contributed by atoms with van der Waals surface area (Å²) in [6.07, 6.45) is 10.6. The minimum Gasteiger partial charge on any atom is -0.330 e. The van der Waals surface area contributed by atoms with E-state index < -0.39 is 0 Å². The van der Waals surface area contributed by atoms with Crippen LogP contribution in [0.3, 0.4) is 0 Å². The zero-order valence-corrected chi connectivity index (χ0v) is 9.65. The van der Waals surface area contributed by atoms with Gasteiger partial charge in [0.25, 0.3) is 0 Å². The third-order valence-electron chi connectivity index (χ3n) is 2.51. The van der Waals surface area contributed by atoms with Crippen LogP contribution in [0.25, 0.3) is 0 Å². The van der Waals surface area contributed by atoms with Crippen molar-refractivity contribution in [2.75, 3.05) is 6.54 Å². The molecule has 0 unspecified atom stereocenters. The van der Waals surface area contributed by atoms with E-state index in [1.807, 2.05) is 0 Å². The molecule has 0 aromatic carbocycles. The van der Waals surface area contributed by atoms with Gasteiger partial charge in [0.15, 0.2) is 0 Å². The highest BCUT2D eigenvalue weighted by molar-refractivity contribution is 5.81. The molecule has 0 amide bonds. The summed E-state index contributed by atoms with van der Waals surface area (Å²) in [5, 5.41) is 7.69. The number of nitrogens with two attached hydrogens (primary N) is 1. The van der Waals surface area contributed by atoms with Gasteiger partial charge in [0.05, 0.1) is 0 Å². The first-order chi connectivity index (χ1) is 6.81. The zero-order valence-electron chi connectivity index (χ0n) is 9.65. The maximum absolute atomic E-state index is 7.69. The fraction of sp³-hybridized carbons (Fsp3) is 0.917. The number of hydrogen-bond acceptors (Lipinski definition) is 2. The maximum atomic E-state index is 7.69. The molecule has 0 saturated heterocycles. The van der Waals surface area contributed by atoms with E-state index in [0.717, 1.165) is 31.5 Å². The summed E-state index contributed by atoms with van der Waals surface area (Å²) < 4.78 is 0. The molecule has 0 aromatic heterocycles. The Balaban J connectivity index is 3.07. The number of hydrogen-bond donors (Lipinski definition) is 2. The average Bonchev–Trinajstić information content (AvgIpc) is 2.20. The SMILES string of the molecule is CCCCC(=N)CCCCCCCN. The third-order valence-corrected chi connectivity index (χ3v) is 2.51. The van der Waals surface area contributed by atoms with Crippen LogP contribution >= 0.6 is 0 Å². The van der Waals surface area contributed by atoms with E-state index in [1.165, 1.54) is 38.5 Å². The van der Waals surface area contributed by atoms with Gasteiger partial charge in [0, 0.05) is 5.71 Å². The lowest BCUT2D eigenvalue weighted by Crippen LogP contribution is -1.98. The minimum atomic E-state index is 0.826. The maximum Gasteiger partial charge on any atom is 0.00891 e. The second-order valence-electron chi connectivity index (χ2n) is 4.01. The first-order valence-electron chi connectivity index (χ1n) is 6.07. The van der Waals surface area contributed by atoms with E-state index in [4.69, 9.17) is 11.1 Å². The summed E-state index contributed by atoms with van der Waals surface area (Å²) in [5.74, 6) is 0. The number of rotatable bonds is 10. The van der Waals surface area contributed by atoms with Gasteiger partial charge in [-0.3, -0.25) is 0 Å². The Morgan fingerprint density at radius 3 is 2.14 bits per heavy atom. The predicted molar refractivity (Wildman–Crippen MR) is 64.0 cm³/mol. The smallest absolute Gasteiger partial charge is 0.00891 e. The fourth-order valence-corrected chi connectivity index (χ4v) is 1.53. The van der Waals surface area contributed by atoms with Crippen LogP contribution in [-0.4, -0.2) is 12.3 Å². The van der Waals surface area contributed by atoms with Crippen LogP contribution in [-0.2, 0) is 0 Å². The van der Waals surface area contributed by atoms with Crippen LogP contribution in [0.15, 0.2) is 0 Å². The van der Waals surface area contributed by atoms with Gasteiger partial charge in [0.2, 0.25) is 0 Å². The standard InChI is InChI=1S/C12H26N2/c1-2-3-9-12(14)10-7-5-4-6-8-11-13/h14H,2-11,13H2,1H3. The van der Waals surface area contributed by atoms with E-state index in [1.54, 1.807) is 0 Å². The normalized spacial score (nSPS) is 10.4. The molecule has 0 radical (unpaired) electrons. The molecule has 14 heavy (non-hydrogen) atoms. The Kier molecular flexibility index (Phi) is 10.4. The quantitative estimate of drug-likeness (QED) is 0.409. The molecule has 0 spiro atoms. The molecular weight excluding hydrogens is 172 g/mol. The van der Waals surface area contributed by atoms with Crippen molar-refractivity contribution in [3.8, 4) is 0 Å². The molecule has 0 rings (SSSR count). The Morgan fingerprint density at radius 1 is 0.929 bits per heavy atom. The summed E-state index contributed by atoms with van der Waals surface area (Å²) in [5.41, 5.74) is 6.36. The van der Waals surface area contributed by atoms with E-state index in [2.05, 4.69) is 6.92 Å². The molecule has 0 aromatic rings. The summed E-state index contributed by atoms with van der Waals surface area (Å²) in [7, 11) is 0. The molecule has 0 aliphatic rings. The highest BCUT2D eigenvalue weighted by Gasteiger charge is 1.96. The Bertz CT molecular complexity index is 132. The topological polar surface area (TPSA) is 49.9 Å². The van der Waals surface area contributed by atoms with E-state index in [9.17, 15) is 0 Å². The van der Waals surface area contributed by atoms with Crippen LogP contribution in [0.2, 0.25) is 0 Å². The number of nitrogens with one attached hydrogen (secondary N) is 1. The molecule has 0 bridgehead atoms. The summed E-state index contributed by atoms with van der Waals surface area (Å²) in [6.45, 7) is 3.01. The van der Waals surface area contributed by atoms with Crippen molar-refractivity contribution in [2.24, 2.45) is 5.73 Å². The molecule has 0 aliphatic carbocycles. The fourth-order valence-electron chi connectivity index (χ4n) is 1.53. The van der Waals surface area contributed by atoms with Crippen molar-refractivity contribution in [3.63, 3.8) is 0 Å². The molecule has 0 saturated carbocycles. The van der Waals surface area contributed by atoms with Gasteiger partial charge in [-0.05, 0) is 38.6 Å². The molecule has 0 aliphatic heterocycles. The van der Waals surface area contributed by atoms with Crippen LogP contribution in [0.1, 0.15) is 64.7 Å². The number of unbranched alkanes of at least 4 members (excludes halogenated alkanes) is 5. The van der Waals surface area contributed by atoms with Crippen molar-refractivity contribution in [1.82, 2.24) is 0 Å². The molecule has 3 N–H and O–H groups in total. The van der Waals surface area contributed by atoms with Crippen molar-refractivity contribution >= 4 is 5.71 Å². The van der Waals surface area contributed by atoms with E-state index in [0.29, 0.717) is 0 Å². The van der Waals surface area contributed by atoms with Crippen molar-refractivity contribution < 1.29 is 0 Å².